The van der Waals surface area contributed by atoms with Gasteiger partial charge in [0.05, 0.1) is 5.60 Å². The molecule has 0 aliphatic heterocycles. The Kier molecular flexibility index (Phi) is 12.5. The van der Waals surface area contributed by atoms with Gasteiger partial charge in [-0.05, 0) is 34.1 Å². The smallest absolute Gasteiger partial charge is 0.272 e. The van der Waals surface area contributed by atoms with E-state index in [1.165, 1.54) is 44.9 Å². The number of unbranched alkanes of at least 4 members (excludes halogenated alkanes) is 6. The summed E-state index contributed by atoms with van der Waals surface area (Å²) in [6.45, 7) is 11.1. The molecule has 0 aromatic heterocycles. The highest BCUT2D eigenvalue weighted by Gasteiger charge is 2.23. The second-order valence-corrected chi connectivity index (χ2v) is 5.95. The van der Waals surface area contributed by atoms with Crippen LogP contribution in [0.25, 0.3) is 0 Å². The molecule has 0 atom stereocenters. The van der Waals surface area contributed by atoms with Gasteiger partial charge in [-0.25, -0.2) is 0 Å². The first kappa shape index (κ1) is 19.9. The third-order valence-electron chi connectivity index (χ3n) is 3.40. The maximum Gasteiger partial charge on any atom is 0.272 e. The highest BCUT2D eigenvalue weighted by molar-refractivity contribution is 4.68. The van der Waals surface area contributed by atoms with E-state index in [4.69, 9.17) is 14.2 Å². The van der Waals surface area contributed by atoms with Crippen LogP contribution >= 0.6 is 0 Å². The van der Waals surface area contributed by atoms with Crippen molar-refractivity contribution in [3.63, 3.8) is 0 Å². The molecule has 122 valence electrons. The van der Waals surface area contributed by atoms with Crippen LogP contribution in [0.3, 0.4) is 0 Å². The van der Waals surface area contributed by atoms with Crippen molar-refractivity contribution in [1.82, 2.24) is 0 Å². The second kappa shape index (κ2) is 12.6. The Labute approximate surface area is 126 Å². The van der Waals surface area contributed by atoms with E-state index in [9.17, 15) is 0 Å². The average molecular weight is 288 g/mol. The molecule has 20 heavy (non-hydrogen) atoms. The van der Waals surface area contributed by atoms with Gasteiger partial charge >= 0.3 is 0 Å². The highest BCUT2D eigenvalue weighted by atomic mass is 16.8. The molecule has 0 aliphatic rings. The van der Waals surface area contributed by atoms with Crippen molar-refractivity contribution in [3.05, 3.63) is 0 Å². The molecular formula is C17H36O3. The fourth-order valence-electron chi connectivity index (χ4n) is 2.22. The van der Waals surface area contributed by atoms with Crippen LogP contribution in [0.1, 0.15) is 86.0 Å². The van der Waals surface area contributed by atoms with Crippen molar-refractivity contribution >= 4 is 0 Å². The van der Waals surface area contributed by atoms with E-state index >= 15 is 0 Å². The minimum atomic E-state index is -0.524. The molecule has 0 fully saturated rings. The van der Waals surface area contributed by atoms with E-state index in [2.05, 4.69) is 20.8 Å². The second-order valence-electron chi connectivity index (χ2n) is 5.95. The Morgan fingerprint density at radius 2 is 1.25 bits per heavy atom. The summed E-state index contributed by atoms with van der Waals surface area (Å²) in [6, 6.07) is 0. The maximum absolute atomic E-state index is 5.92. The molecule has 0 aromatic rings. The lowest BCUT2D eigenvalue weighted by atomic mass is 9.99. The first-order chi connectivity index (χ1) is 9.55. The van der Waals surface area contributed by atoms with E-state index < -0.39 is 6.48 Å². The average Bonchev–Trinajstić information content (AvgIpc) is 2.38. The quantitative estimate of drug-likeness (QED) is 0.321. The maximum atomic E-state index is 5.92. The molecule has 0 spiro atoms. The van der Waals surface area contributed by atoms with Crippen LogP contribution < -0.4 is 0 Å². The van der Waals surface area contributed by atoms with E-state index in [0.29, 0.717) is 13.2 Å². The fourth-order valence-corrected chi connectivity index (χ4v) is 2.22. The van der Waals surface area contributed by atoms with Crippen LogP contribution in [-0.2, 0) is 14.2 Å². The molecule has 0 radical (unpaired) electrons. The Morgan fingerprint density at radius 3 is 1.75 bits per heavy atom. The van der Waals surface area contributed by atoms with Gasteiger partial charge in [-0.3, -0.25) is 0 Å². The Bertz CT molecular complexity index is 198. The molecule has 0 rings (SSSR count). The van der Waals surface area contributed by atoms with Crippen molar-refractivity contribution in [3.8, 4) is 0 Å². The van der Waals surface area contributed by atoms with Crippen LogP contribution in [0.4, 0.5) is 0 Å². The van der Waals surface area contributed by atoms with Crippen LogP contribution in [-0.4, -0.2) is 25.3 Å². The lowest BCUT2D eigenvalue weighted by Gasteiger charge is -2.30. The van der Waals surface area contributed by atoms with Crippen molar-refractivity contribution in [2.24, 2.45) is 0 Å². The summed E-state index contributed by atoms with van der Waals surface area (Å²) in [4.78, 5) is 0. The molecular weight excluding hydrogens is 252 g/mol. The van der Waals surface area contributed by atoms with Crippen LogP contribution in [0, 0.1) is 0 Å². The normalized spacial score (nSPS) is 12.3. The van der Waals surface area contributed by atoms with Crippen molar-refractivity contribution < 1.29 is 14.2 Å². The lowest BCUT2D eigenvalue weighted by molar-refractivity contribution is -0.320. The molecule has 0 N–H and O–H groups in total. The lowest BCUT2D eigenvalue weighted by Crippen LogP contribution is -2.34. The molecule has 0 unspecified atom stereocenters. The van der Waals surface area contributed by atoms with E-state index in [0.717, 1.165) is 6.42 Å². The van der Waals surface area contributed by atoms with E-state index in [1.807, 2.05) is 13.8 Å². The van der Waals surface area contributed by atoms with E-state index in [-0.39, 0.29) is 5.60 Å². The highest BCUT2D eigenvalue weighted by Crippen LogP contribution is 2.22. The molecule has 0 amide bonds. The zero-order valence-corrected chi connectivity index (χ0v) is 14.4. The molecule has 0 aliphatic carbocycles. The number of rotatable bonds is 14. The van der Waals surface area contributed by atoms with Gasteiger partial charge in [0.25, 0.3) is 6.48 Å². The van der Waals surface area contributed by atoms with Crippen molar-refractivity contribution in [2.75, 3.05) is 13.2 Å². The standard InChI is InChI=1S/C17H36O3/c1-6-9-10-11-12-13-14-15-17(4,5)20-16(18-7-2)19-8-3/h16H,6-15H2,1-5H3. The SMILES string of the molecule is CCCCCCCCCC(C)(C)OC(OCC)OCC. The van der Waals surface area contributed by atoms with Gasteiger partial charge in [-0.1, -0.05) is 51.9 Å². The minimum absolute atomic E-state index is 0.182. The first-order valence-electron chi connectivity index (χ1n) is 8.46. The predicted molar refractivity (Wildman–Crippen MR) is 84.8 cm³/mol. The topological polar surface area (TPSA) is 27.7 Å². The molecule has 0 saturated carbocycles. The third-order valence-corrected chi connectivity index (χ3v) is 3.40. The molecule has 3 nitrogen and oxygen atoms in total. The van der Waals surface area contributed by atoms with Crippen molar-refractivity contribution in [2.45, 2.75) is 98.1 Å². The zero-order chi connectivity index (χ0) is 15.3. The fraction of sp³-hybridized carbons (Fsp3) is 1.00. The van der Waals surface area contributed by atoms with Gasteiger partial charge < -0.3 is 14.2 Å². The van der Waals surface area contributed by atoms with Gasteiger partial charge in [0.15, 0.2) is 0 Å². The van der Waals surface area contributed by atoms with Gasteiger partial charge in [-0.15, -0.1) is 0 Å². The zero-order valence-electron chi connectivity index (χ0n) is 14.4. The van der Waals surface area contributed by atoms with Gasteiger partial charge in [0.2, 0.25) is 0 Å². The molecule has 0 saturated heterocycles. The third kappa shape index (κ3) is 11.7. The van der Waals surface area contributed by atoms with Crippen LogP contribution in [0.5, 0.6) is 0 Å². The summed E-state index contributed by atoms with van der Waals surface area (Å²) in [7, 11) is 0. The molecule has 0 bridgehead atoms. The Balaban J connectivity index is 3.75. The number of ether oxygens (including phenoxy) is 3. The minimum Gasteiger partial charge on any atom is -0.330 e. The van der Waals surface area contributed by atoms with Crippen molar-refractivity contribution in [1.29, 1.82) is 0 Å². The summed E-state index contributed by atoms with van der Waals surface area (Å²) < 4.78 is 16.8. The number of hydrogen-bond donors (Lipinski definition) is 0. The largest absolute Gasteiger partial charge is 0.330 e. The summed E-state index contributed by atoms with van der Waals surface area (Å²) in [5.41, 5.74) is -0.182. The molecule has 0 aromatic carbocycles. The summed E-state index contributed by atoms with van der Waals surface area (Å²) in [5.74, 6) is 0. The summed E-state index contributed by atoms with van der Waals surface area (Å²) in [5, 5.41) is 0. The Morgan fingerprint density at radius 1 is 0.750 bits per heavy atom. The van der Waals surface area contributed by atoms with E-state index in [1.54, 1.807) is 0 Å². The first-order valence-corrected chi connectivity index (χ1v) is 8.46. The van der Waals surface area contributed by atoms with Gasteiger partial charge in [0, 0.05) is 13.2 Å². The summed E-state index contributed by atoms with van der Waals surface area (Å²) >= 11 is 0. The summed E-state index contributed by atoms with van der Waals surface area (Å²) in [6.07, 6.45) is 10.3. The molecule has 0 heterocycles. The number of hydrogen-bond acceptors (Lipinski definition) is 3. The van der Waals surface area contributed by atoms with Gasteiger partial charge in [0.1, 0.15) is 0 Å². The predicted octanol–water partition coefficient (Wildman–Crippen LogP) is 5.28. The Hall–Kier alpha value is -0.120. The van der Waals surface area contributed by atoms with Crippen LogP contribution in [0.2, 0.25) is 0 Å². The van der Waals surface area contributed by atoms with Gasteiger partial charge in [-0.2, -0.15) is 0 Å². The molecule has 3 heteroatoms. The monoisotopic (exact) mass is 288 g/mol. The van der Waals surface area contributed by atoms with Crippen LogP contribution in [0.15, 0.2) is 0 Å².